The van der Waals surface area contributed by atoms with Gasteiger partial charge < -0.3 is 20.6 Å². The molecule has 2 aromatic rings. The maximum absolute atomic E-state index is 14.6. The zero-order valence-electron chi connectivity index (χ0n) is 25.0. The number of alkyl halides is 1. The number of hydrogen-bond donors (Lipinski definition) is 3. The van der Waals surface area contributed by atoms with Gasteiger partial charge in [0.2, 0.25) is 17.7 Å². The van der Waals surface area contributed by atoms with Crippen LogP contribution < -0.4 is 10.6 Å². The second kappa shape index (κ2) is 11.6. The van der Waals surface area contributed by atoms with Gasteiger partial charge in [-0.2, -0.15) is 0 Å². The Balaban J connectivity index is 1.54. The minimum Gasteiger partial charge on any atom is -0.394 e. The zero-order chi connectivity index (χ0) is 30.4. The van der Waals surface area contributed by atoms with E-state index in [1.54, 1.807) is 16.7 Å². The summed E-state index contributed by atoms with van der Waals surface area (Å²) in [4.78, 5) is 44.5. The van der Waals surface area contributed by atoms with Gasteiger partial charge in [-0.3, -0.25) is 14.4 Å². The van der Waals surface area contributed by atoms with Gasteiger partial charge in [0.15, 0.2) is 0 Å². The highest BCUT2D eigenvalue weighted by Gasteiger charge is 2.76. The molecule has 0 radical (unpaired) electrons. The number of benzene rings is 2. The second-order valence-electron chi connectivity index (χ2n) is 13.9. The van der Waals surface area contributed by atoms with Crippen molar-refractivity contribution in [3.63, 3.8) is 0 Å². The van der Waals surface area contributed by atoms with Crippen LogP contribution in [0.3, 0.4) is 0 Å². The predicted octanol–water partition coefficient (Wildman–Crippen LogP) is 5.02. The lowest BCUT2D eigenvalue weighted by Crippen LogP contribution is -2.60. The molecule has 7 nitrogen and oxygen atoms in total. The molecule has 3 N–H and O–H groups in total. The molecule has 0 aliphatic carbocycles. The van der Waals surface area contributed by atoms with E-state index in [1.165, 1.54) is 0 Å². The SMILES string of the molecule is CC(C)(C)CC(C)(C)NC(=O)C1N([C@@H](CO)Cc2ccccc2)C(=O)[C@@H]2[C@H](C(=O)Nc3ccccc3)[C@H]3SC12CC3Br. The third-order valence-corrected chi connectivity index (χ3v) is 11.9. The molecule has 3 saturated heterocycles. The average Bonchev–Trinajstić information content (AvgIpc) is 3.50. The second-order valence-corrected chi connectivity index (χ2v) is 16.6. The minimum absolute atomic E-state index is 0.0220. The maximum Gasteiger partial charge on any atom is 0.244 e. The Hall–Kier alpha value is -2.36. The number of rotatable bonds is 9. The summed E-state index contributed by atoms with van der Waals surface area (Å²) < 4.78 is -0.791. The van der Waals surface area contributed by atoms with Crippen LogP contribution in [0.1, 0.15) is 53.0 Å². The van der Waals surface area contributed by atoms with Gasteiger partial charge in [-0.05, 0) is 56.2 Å². The number of thioether (sulfide) groups is 1. The van der Waals surface area contributed by atoms with E-state index < -0.39 is 34.2 Å². The highest BCUT2D eigenvalue weighted by Crippen LogP contribution is 2.68. The molecule has 3 fully saturated rings. The van der Waals surface area contributed by atoms with Crippen LogP contribution >= 0.6 is 27.7 Å². The first kappa shape index (κ1) is 31.1. The van der Waals surface area contributed by atoms with Crippen LogP contribution in [-0.2, 0) is 20.8 Å². The van der Waals surface area contributed by atoms with Crippen molar-refractivity contribution < 1.29 is 19.5 Å². The zero-order valence-corrected chi connectivity index (χ0v) is 27.4. The quantitative estimate of drug-likeness (QED) is 0.330. The number of amides is 3. The fraction of sp³-hybridized carbons (Fsp3) is 0.545. The van der Waals surface area contributed by atoms with Gasteiger partial charge in [-0.25, -0.2) is 0 Å². The summed E-state index contributed by atoms with van der Waals surface area (Å²) in [6.07, 6.45) is 1.74. The highest BCUT2D eigenvalue weighted by molar-refractivity contribution is 9.09. The van der Waals surface area contributed by atoms with E-state index in [4.69, 9.17) is 0 Å². The number of nitrogens with zero attached hydrogens (tertiary/aromatic N) is 1. The van der Waals surface area contributed by atoms with Crippen LogP contribution in [0.25, 0.3) is 0 Å². The molecule has 0 saturated carbocycles. The minimum atomic E-state index is -0.820. The molecule has 0 aromatic heterocycles. The molecule has 7 atom stereocenters. The van der Waals surface area contributed by atoms with Crippen LogP contribution in [-0.4, -0.2) is 66.8 Å². The fourth-order valence-corrected chi connectivity index (χ4v) is 11.3. The van der Waals surface area contributed by atoms with Gasteiger partial charge in [-0.1, -0.05) is 85.2 Å². The van der Waals surface area contributed by atoms with Crippen molar-refractivity contribution in [1.82, 2.24) is 10.2 Å². The molecule has 3 aliphatic rings. The van der Waals surface area contributed by atoms with Crippen LogP contribution in [0.2, 0.25) is 0 Å². The maximum atomic E-state index is 14.6. The highest BCUT2D eigenvalue weighted by atomic mass is 79.9. The number of carbonyl (C=O) groups excluding carboxylic acids is 3. The summed E-state index contributed by atoms with van der Waals surface area (Å²) in [5.41, 5.74) is 1.10. The first-order valence-electron chi connectivity index (χ1n) is 14.7. The number of fused-ring (bicyclic) bond motifs is 1. The van der Waals surface area contributed by atoms with E-state index in [9.17, 15) is 19.5 Å². The molecule has 3 amide bonds. The van der Waals surface area contributed by atoms with Gasteiger partial charge >= 0.3 is 0 Å². The number of aliphatic hydroxyl groups is 1. The smallest absolute Gasteiger partial charge is 0.244 e. The van der Waals surface area contributed by atoms with Gasteiger partial charge in [0, 0.05) is 21.3 Å². The predicted molar refractivity (Wildman–Crippen MR) is 171 cm³/mol. The molecule has 9 heteroatoms. The largest absolute Gasteiger partial charge is 0.394 e. The van der Waals surface area contributed by atoms with Gasteiger partial charge in [0.05, 0.1) is 29.2 Å². The van der Waals surface area contributed by atoms with Crippen molar-refractivity contribution in [3.8, 4) is 0 Å². The molecule has 3 unspecified atom stereocenters. The van der Waals surface area contributed by atoms with Crippen molar-refractivity contribution in [1.29, 1.82) is 0 Å². The van der Waals surface area contributed by atoms with Gasteiger partial charge in [0.1, 0.15) is 6.04 Å². The Labute approximate surface area is 261 Å². The number of nitrogens with one attached hydrogen (secondary N) is 2. The van der Waals surface area contributed by atoms with Crippen molar-refractivity contribution >= 4 is 51.1 Å². The lowest BCUT2D eigenvalue weighted by atomic mass is 9.70. The molecule has 42 heavy (non-hydrogen) atoms. The first-order chi connectivity index (χ1) is 19.8. The number of aliphatic hydroxyl groups excluding tert-OH is 1. The lowest BCUT2D eigenvalue weighted by molar-refractivity contribution is -0.142. The number of carbonyl (C=O) groups is 3. The Bertz CT molecular complexity index is 1320. The van der Waals surface area contributed by atoms with E-state index in [1.807, 2.05) is 74.5 Å². The van der Waals surface area contributed by atoms with Crippen LogP contribution in [0, 0.1) is 17.3 Å². The molecule has 226 valence electrons. The third kappa shape index (κ3) is 5.89. The summed E-state index contributed by atoms with van der Waals surface area (Å²) >= 11 is 5.44. The standard InChI is InChI=1S/C33H42BrN3O4S/c1-31(2,3)19-32(4,5)36-29(40)27-33-17-23(34)26(42-33)24(28(39)35-21-14-10-7-11-15-21)25(33)30(41)37(27)22(18-38)16-20-12-8-6-9-13-20/h6-15,22-27,38H,16-19H2,1-5H3,(H,35,39)(H,36,40)/t22-,23?,24+,25+,26+,27?,33?/m1/s1. The van der Waals surface area contributed by atoms with Crippen LogP contribution in [0.15, 0.2) is 60.7 Å². The van der Waals surface area contributed by atoms with E-state index in [-0.39, 0.29) is 39.8 Å². The van der Waals surface area contributed by atoms with Crippen molar-refractivity contribution in [2.45, 2.75) is 86.3 Å². The molecule has 2 bridgehead atoms. The number of likely N-dealkylation sites (tertiary alicyclic amines) is 1. The number of para-hydroxylation sites is 1. The summed E-state index contributed by atoms with van der Waals surface area (Å²) in [6, 6.07) is 17.6. The normalized spacial score (nSPS) is 29.4. The van der Waals surface area contributed by atoms with Gasteiger partial charge in [0.25, 0.3) is 0 Å². The van der Waals surface area contributed by atoms with Crippen molar-refractivity contribution in [2.75, 3.05) is 11.9 Å². The molecule has 3 heterocycles. The third-order valence-electron chi connectivity index (χ3n) is 8.67. The van der Waals surface area contributed by atoms with Crippen molar-refractivity contribution in [2.24, 2.45) is 17.3 Å². The molecular formula is C33H42BrN3O4S. The molecule has 3 aliphatic heterocycles. The van der Waals surface area contributed by atoms with Crippen LogP contribution in [0.5, 0.6) is 0 Å². The molecule has 1 spiro atoms. The Morgan fingerprint density at radius 1 is 1.05 bits per heavy atom. The van der Waals surface area contributed by atoms with Crippen molar-refractivity contribution in [3.05, 3.63) is 66.2 Å². The summed E-state index contributed by atoms with van der Waals surface area (Å²) in [5.74, 6) is -1.93. The van der Waals surface area contributed by atoms with E-state index >= 15 is 0 Å². The fourth-order valence-electron chi connectivity index (χ4n) is 7.72. The Morgan fingerprint density at radius 3 is 2.26 bits per heavy atom. The summed E-state index contributed by atoms with van der Waals surface area (Å²) in [5, 5.41) is 16.9. The molecular weight excluding hydrogens is 614 g/mol. The molecule has 2 aromatic carbocycles. The van der Waals surface area contributed by atoms with E-state index in [0.717, 1.165) is 12.0 Å². The number of halogens is 1. The van der Waals surface area contributed by atoms with E-state index in [0.29, 0.717) is 18.5 Å². The Morgan fingerprint density at radius 2 is 1.67 bits per heavy atom. The monoisotopic (exact) mass is 655 g/mol. The number of anilines is 1. The summed E-state index contributed by atoms with van der Waals surface area (Å²) in [6.45, 7) is 10.2. The topological polar surface area (TPSA) is 98.7 Å². The Kier molecular flexibility index (Phi) is 8.60. The lowest BCUT2D eigenvalue weighted by Gasteiger charge is -2.40. The first-order valence-corrected chi connectivity index (χ1v) is 16.5. The average molecular weight is 657 g/mol. The van der Waals surface area contributed by atoms with E-state index in [2.05, 4.69) is 47.3 Å². The molecule has 5 rings (SSSR count). The van der Waals surface area contributed by atoms with Gasteiger partial charge in [-0.15, -0.1) is 11.8 Å². The number of hydrogen-bond acceptors (Lipinski definition) is 5. The summed E-state index contributed by atoms with van der Waals surface area (Å²) in [7, 11) is 0. The van der Waals surface area contributed by atoms with Crippen LogP contribution in [0.4, 0.5) is 5.69 Å².